The second kappa shape index (κ2) is 8.62. The summed E-state index contributed by atoms with van der Waals surface area (Å²) in [4.78, 5) is 36.8. The summed E-state index contributed by atoms with van der Waals surface area (Å²) < 4.78 is 10.2. The minimum absolute atomic E-state index is 0.116. The number of hydrogen-bond acceptors (Lipinski definition) is 5. The molecule has 0 saturated heterocycles. The van der Waals surface area contributed by atoms with E-state index in [1.807, 2.05) is 0 Å². The van der Waals surface area contributed by atoms with Crippen LogP contribution in [0.4, 0.5) is 0 Å². The van der Waals surface area contributed by atoms with E-state index in [2.05, 4.69) is 5.32 Å². The number of rotatable bonds is 7. The second-order valence-corrected chi connectivity index (χ2v) is 5.67. The van der Waals surface area contributed by atoms with E-state index in [9.17, 15) is 14.4 Å². The Balaban J connectivity index is 1.63. The van der Waals surface area contributed by atoms with E-state index in [0.29, 0.717) is 11.3 Å². The molecule has 136 valence electrons. The van der Waals surface area contributed by atoms with E-state index >= 15 is 0 Å². The lowest BCUT2D eigenvalue weighted by atomic mass is 9.98. The number of benzene rings is 2. The number of ketones is 1. The summed E-state index contributed by atoms with van der Waals surface area (Å²) in [5, 5.41) is 2.58. The Kier molecular flexibility index (Phi) is 5.79. The number of furan rings is 1. The van der Waals surface area contributed by atoms with E-state index in [1.54, 1.807) is 60.7 Å². The summed E-state index contributed by atoms with van der Waals surface area (Å²) in [7, 11) is 0. The van der Waals surface area contributed by atoms with Gasteiger partial charge in [0.25, 0.3) is 5.91 Å². The molecular weight excluding hydrogens is 346 g/mol. The van der Waals surface area contributed by atoms with Crippen LogP contribution in [-0.2, 0) is 16.1 Å². The fourth-order valence-corrected chi connectivity index (χ4v) is 2.46. The van der Waals surface area contributed by atoms with Gasteiger partial charge in [-0.1, -0.05) is 48.5 Å². The third kappa shape index (κ3) is 4.70. The van der Waals surface area contributed by atoms with Crippen LogP contribution in [0.5, 0.6) is 0 Å². The SMILES string of the molecule is O=C(COC(=O)c1ccccc1C(=O)c1ccccc1)NCc1ccco1. The van der Waals surface area contributed by atoms with Crippen molar-refractivity contribution in [1.29, 1.82) is 0 Å². The van der Waals surface area contributed by atoms with Gasteiger partial charge in [0.1, 0.15) is 5.76 Å². The van der Waals surface area contributed by atoms with Crippen molar-refractivity contribution in [3.63, 3.8) is 0 Å². The molecule has 3 rings (SSSR count). The van der Waals surface area contributed by atoms with Crippen LogP contribution in [0.3, 0.4) is 0 Å². The van der Waals surface area contributed by atoms with Crippen LogP contribution < -0.4 is 5.32 Å². The predicted molar refractivity (Wildman–Crippen MR) is 97.2 cm³/mol. The van der Waals surface area contributed by atoms with Crippen LogP contribution in [0.15, 0.2) is 77.4 Å². The first-order valence-corrected chi connectivity index (χ1v) is 8.30. The molecule has 27 heavy (non-hydrogen) atoms. The molecule has 0 saturated carbocycles. The minimum Gasteiger partial charge on any atom is -0.467 e. The van der Waals surface area contributed by atoms with Crippen LogP contribution in [0.25, 0.3) is 0 Å². The smallest absolute Gasteiger partial charge is 0.339 e. The van der Waals surface area contributed by atoms with Crippen molar-refractivity contribution in [3.8, 4) is 0 Å². The minimum atomic E-state index is -0.733. The number of carbonyl (C=O) groups excluding carboxylic acids is 3. The largest absolute Gasteiger partial charge is 0.467 e. The molecular formula is C21H17NO5. The molecule has 1 aromatic heterocycles. The standard InChI is InChI=1S/C21H17NO5/c23-19(22-13-16-9-6-12-26-16)14-27-21(25)18-11-5-4-10-17(18)20(24)15-7-2-1-3-8-15/h1-12H,13-14H2,(H,22,23). The van der Waals surface area contributed by atoms with Gasteiger partial charge in [-0.2, -0.15) is 0 Å². The molecule has 0 atom stereocenters. The van der Waals surface area contributed by atoms with Crippen molar-refractivity contribution < 1.29 is 23.5 Å². The molecule has 6 heteroatoms. The molecule has 0 bridgehead atoms. The highest BCUT2D eigenvalue weighted by Gasteiger charge is 2.19. The molecule has 1 N–H and O–H groups in total. The van der Waals surface area contributed by atoms with Crippen LogP contribution in [0.1, 0.15) is 32.0 Å². The molecule has 0 aliphatic carbocycles. The lowest BCUT2D eigenvalue weighted by Crippen LogP contribution is -2.28. The zero-order chi connectivity index (χ0) is 19.1. The van der Waals surface area contributed by atoms with Crippen molar-refractivity contribution >= 4 is 17.7 Å². The zero-order valence-electron chi connectivity index (χ0n) is 14.4. The highest BCUT2D eigenvalue weighted by atomic mass is 16.5. The molecule has 3 aromatic rings. The van der Waals surface area contributed by atoms with Crippen molar-refractivity contribution in [2.24, 2.45) is 0 Å². The van der Waals surface area contributed by atoms with Crippen LogP contribution in [0.2, 0.25) is 0 Å². The fourth-order valence-electron chi connectivity index (χ4n) is 2.46. The van der Waals surface area contributed by atoms with Gasteiger partial charge in [-0.3, -0.25) is 9.59 Å². The van der Waals surface area contributed by atoms with Crippen LogP contribution in [-0.4, -0.2) is 24.3 Å². The van der Waals surface area contributed by atoms with Crippen molar-refractivity contribution in [2.75, 3.05) is 6.61 Å². The number of amides is 1. The van der Waals surface area contributed by atoms with E-state index in [1.165, 1.54) is 12.3 Å². The van der Waals surface area contributed by atoms with Crippen molar-refractivity contribution in [1.82, 2.24) is 5.32 Å². The highest BCUT2D eigenvalue weighted by Crippen LogP contribution is 2.15. The third-order valence-corrected chi connectivity index (χ3v) is 3.80. The predicted octanol–water partition coefficient (Wildman–Crippen LogP) is 2.98. The van der Waals surface area contributed by atoms with Crippen molar-refractivity contribution in [3.05, 3.63) is 95.4 Å². The van der Waals surface area contributed by atoms with Gasteiger partial charge in [0, 0.05) is 11.1 Å². The van der Waals surface area contributed by atoms with Gasteiger partial charge < -0.3 is 14.5 Å². The van der Waals surface area contributed by atoms with Crippen LogP contribution in [0, 0.1) is 0 Å². The first-order chi connectivity index (χ1) is 13.1. The maximum atomic E-state index is 12.6. The average molecular weight is 363 g/mol. The monoisotopic (exact) mass is 363 g/mol. The van der Waals surface area contributed by atoms with Gasteiger partial charge in [-0.25, -0.2) is 4.79 Å². The molecule has 0 spiro atoms. The Morgan fingerprint density at radius 2 is 1.56 bits per heavy atom. The van der Waals surface area contributed by atoms with E-state index in [-0.39, 0.29) is 23.5 Å². The maximum absolute atomic E-state index is 12.6. The molecule has 1 heterocycles. The van der Waals surface area contributed by atoms with Crippen molar-refractivity contribution in [2.45, 2.75) is 6.54 Å². The Hall–Kier alpha value is -3.67. The quantitative estimate of drug-likeness (QED) is 0.515. The number of ether oxygens (including phenoxy) is 1. The molecule has 0 aliphatic heterocycles. The number of hydrogen-bond donors (Lipinski definition) is 1. The van der Waals surface area contributed by atoms with Gasteiger partial charge in [0.15, 0.2) is 12.4 Å². The highest BCUT2D eigenvalue weighted by molar-refractivity contribution is 6.14. The molecule has 6 nitrogen and oxygen atoms in total. The maximum Gasteiger partial charge on any atom is 0.339 e. The van der Waals surface area contributed by atoms with E-state index < -0.39 is 18.5 Å². The van der Waals surface area contributed by atoms with E-state index in [4.69, 9.17) is 9.15 Å². The van der Waals surface area contributed by atoms with Crippen LogP contribution >= 0.6 is 0 Å². The first-order valence-electron chi connectivity index (χ1n) is 8.30. The summed E-state index contributed by atoms with van der Waals surface area (Å²) in [6.45, 7) is -0.250. The summed E-state index contributed by atoms with van der Waals surface area (Å²) >= 11 is 0. The first kappa shape index (κ1) is 18.1. The number of carbonyl (C=O) groups is 3. The average Bonchev–Trinajstić information content (AvgIpc) is 3.24. The molecule has 0 radical (unpaired) electrons. The molecule has 0 aliphatic rings. The van der Waals surface area contributed by atoms with E-state index in [0.717, 1.165) is 0 Å². The number of esters is 1. The van der Waals surface area contributed by atoms with Gasteiger partial charge >= 0.3 is 5.97 Å². The Labute approximate surface area is 155 Å². The molecule has 0 fully saturated rings. The zero-order valence-corrected chi connectivity index (χ0v) is 14.4. The summed E-state index contributed by atoms with van der Waals surface area (Å²) in [6.07, 6.45) is 1.50. The topological polar surface area (TPSA) is 85.6 Å². The van der Waals surface area contributed by atoms with Gasteiger partial charge in [0.05, 0.1) is 18.4 Å². The Morgan fingerprint density at radius 3 is 2.26 bits per heavy atom. The summed E-state index contributed by atoms with van der Waals surface area (Å²) in [6, 6.07) is 18.4. The normalized spacial score (nSPS) is 10.2. The lowest BCUT2D eigenvalue weighted by Gasteiger charge is -2.09. The van der Waals surface area contributed by atoms with Gasteiger partial charge in [-0.15, -0.1) is 0 Å². The fraction of sp³-hybridized carbons (Fsp3) is 0.0952. The molecule has 2 aromatic carbocycles. The Bertz CT molecular complexity index is 932. The summed E-state index contributed by atoms with van der Waals surface area (Å²) in [5.41, 5.74) is 0.809. The lowest BCUT2D eigenvalue weighted by molar-refractivity contribution is -0.124. The Morgan fingerprint density at radius 1 is 0.852 bits per heavy atom. The summed E-state index contributed by atoms with van der Waals surface area (Å²) in [5.74, 6) is -0.895. The molecule has 0 unspecified atom stereocenters. The van der Waals surface area contributed by atoms with Gasteiger partial charge in [0.2, 0.25) is 0 Å². The second-order valence-electron chi connectivity index (χ2n) is 5.67. The van der Waals surface area contributed by atoms with Gasteiger partial charge in [-0.05, 0) is 18.2 Å². The third-order valence-electron chi connectivity index (χ3n) is 3.80. The number of nitrogens with one attached hydrogen (secondary N) is 1. The molecule has 1 amide bonds.